The van der Waals surface area contributed by atoms with Gasteiger partial charge >= 0.3 is 0 Å². The van der Waals surface area contributed by atoms with E-state index in [0.717, 1.165) is 75.5 Å². The zero-order valence-corrected chi connectivity index (χ0v) is 21.6. The molecular formula is C28H39N3O4. The average Bonchev–Trinajstić information content (AvgIpc) is 2.86. The van der Waals surface area contributed by atoms with Gasteiger partial charge in [-0.2, -0.15) is 0 Å². The Morgan fingerprint density at radius 2 is 1.71 bits per heavy atom. The number of amides is 2. The van der Waals surface area contributed by atoms with Crippen molar-refractivity contribution in [3.63, 3.8) is 0 Å². The lowest BCUT2D eigenvalue weighted by atomic mass is 9.87. The van der Waals surface area contributed by atoms with Crippen molar-refractivity contribution < 1.29 is 19.1 Å². The van der Waals surface area contributed by atoms with E-state index in [9.17, 15) is 9.59 Å². The van der Waals surface area contributed by atoms with Gasteiger partial charge in [-0.25, -0.2) is 4.99 Å². The molecule has 3 heterocycles. The highest BCUT2D eigenvalue weighted by molar-refractivity contribution is 6.06. The largest absolute Gasteiger partial charge is 0.381 e. The first kappa shape index (κ1) is 25.6. The maximum atomic E-state index is 13.5. The number of anilines is 1. The van der Waals surface area contributed by atoms with Gasteiger partial charge in [0.05, 0.1) is 5.92 Å². The fourth-order valence-electron chi connectivity index (χ4n) is 5.59. The molecule has 3 aliphatic heterocycles. The molecule has 0 aliphatic carbocycles. The third-order valence-electron chi connectivity index (χ3n) is 7.66. The summed E-state index contributed by atoms with van der Waals surface area (Å²) in [5, 5.41) is 3.05. The number of nitrogens with zero attached hydrogens (tertiary/aromatic N) is 2. The second kappa shape index (κ2) is 11.5. The van der Waals surface area contributed by atoms with E-state index in [1.54, 1.807) is 0 Å². The van der Waals surface area contributed by atoms with Crippen molar-refractivity contribution in [3.8, 4) is 0 Å². The van der Waals surface area contributed by atoms with E-state index in [2.05, 4.69) is 34.3 Å². The molecule has 2 fully saturated rings. The third-order valence-corrected chi connectivity index (χ3v) is 7.66. The van der Waals surface area contributed by atoms with Crippen LogP contribution in [0.2, 0.25) is 0 Å². The molecule has 0 spiro atoms. The Bertz CT molecular complexity index is 1000. The highest BCUT2D eigenvalue weighted by Crippen LogP contribution is 2.35. The van der Waals surface area contributed by atoms with Gasteiger partial charge in [-0.3, -0.25) is 9.59 Å². The Balaban J connectivity index is 1.63. The quantitative estimate of drug-likeness (QED) is 0.632. The highest BCUT2D eigenvalue weighted by atomic mass is 16.5. The van der Waals surface area contributed by atoms with Crippen LogP contribution in [0, 0.1) is 12.8 Å². The average molecular weight is 482 g/mol. The summed E-state index contributed by atoms with van der Waals surface area (Å²) in [7, 11) is 0. The van der Waals surface area contributed by atoms with Gasteiger partial charge in [0.25, 0.3) is 11.8 Å². The molecule has 0 radical (unpaired) electrons. The summed E-state index contributed by atoms with van der Waals surface area (Å²) < 4.78 is 11.2. The van der Waals surface area contributed by atoms with Crippen molar-refractivity contribution in [1.82, 2.24) is 5.32 Å². The number of hydrogen-bond donors (Lipinski definition) is 1. The molecule has 7 nitrogen and oxygen atoms in total. The van der Waals surface area contributed by atoms with E-state index in [-0.39, 0.29) is 18.4 Å². The molecule has 35 heavy (non-hydrogen) atoms. The van der Waals surface area contributed by atoms with Crippen molar-refractivity contribution >= 4 is 23.2 Å². The Morgan fingerprint density at radius 3 is 2.34 bits per heavy atom. The van der Waals surface area contributed by atoms with Crippen LogP contribution >= 0.6 is 0 Å². The fraction of sp³-hybridized carbons (Fsp3) is 0.607. The van der Waals surface area contributed by atoms with Crippen molar-refractivity contribution in [3.05, 3.63) is 40.5 Å². The number of ether oxygens (including phenoxy) is 2. The van der Waals surface area contributed by atoms with Gasteiger partial charge in [0.15, 0.2) is 0 Å². The van der Waals surface area contributed by atoms with Crippen LogP contribution in [0.3, 0.4) is 0 Å². The molecule has 3 aliphatic rings. The lowest BCUT2D eigenvalue weighted by Crippen LogP contribution is -2.40. The van der Waals surface area contributed by atoms with E-state index >= 15 is 0 Å². The molecule has 0 aromatic heterocycles. The summed E-state index contributed by atoms with van der Waals surface area (Å²) in [6, 6.07) is 4.77. The lowest BCUT2D eigenvalue weighted by Gasteiger charge is -2.37. The molecule has 190 valence electrons. The van der Waals surface area contributed by atoms with E-state index < -0.39 is 5.92 Å². The minimum atomic E-state index is -0.407. The second-order valence-corrected chi connectivity index (χ2v) is 9.97. The van der Waals surface area contributed by atoms with E-state index in [4.69, 9.17) is 9.47 Å². The highest BCUT2D eigenvalue weighted by Gasteiger charge is 2.28. The molecule has 1 aromatic carbocycles. The summed E-state index contributed by atoms with van der Waals surface area (Å²) in [5.41, 5.74) is 5.68. The van der Waals surface area contributed by atoms with Crippen LogP contribution in [0.1, 0.15) is 73.9 Å². The van der Waals surface area contributed by atoms with Crippen molar-refractivity contribution in [2.45, 2.75) is 65.3 Å². The number of nitrogens with one attached hydrogen (secondary N) is 1. The summed E-state index contributed by atoms with van der Waals surface area (Å²) in [5.74, 6) is -0.346. The Morgan fingerprint density at radius 1 is 1.06 bits per heavy atom. The van der Waals surface area contributed by atoms with Crippen LogP contribution in [-0.2, 0) is 14.3 Å². The molecule has 1 aromatic rings. The van der Waals surface area contributed by atoms with Crippen LogP contribution < -0.4 is 10.2 Å². The topological polar surface area (TPSA) is 80.2 Å². The summed E-state index contributed by atoms with van der Waals surface area (Å²) >= 11 is 0. The van der Waals surface area contributed by atoms with Gasteiger partial charge in [-0.15, -0.1) is 0 Å². The number of allylic oxidation sites excluding steroid dienone is 1. The van der Waals surface area contributed by atoms with Gasteiger partial charge in [0.1, 0.15) is 0 Å². The van der Waals surface area contributed by atoms with Crippen molar-refractivity contribution in [1.29, 1.82) is 0 Å². The minimum Gasteiger partial charge on any atom is -0.381 e. The van der Waals surface area contributed by atoms with Crippen LogP contribution in [0.4, 0.5) is 5.69 Å². The fourth-order valence-corrected chi connectivity index (χ4v) is 5.59. The van der Waals surface area contributed by atoms with Gasteiger partial charge in [0.2, 0.25) is 0 Å². The summed E-state index contributed by atoms with van der Waals surface area (Å²) in [6.07, 6.45) is 5.83. The Hall–Kier alpha value is -2.51. The van der Waals surface area contributed by atoms with Crippen LogP contribution in [0.25, 0.3) is 0 Å². The van der Waals surface area contributed by atoms with Crippen LogP contribution in [0.15, 0.2) is 28.8 Å². The molecular weight excluding hydrogens is 442 g/mol. The van der Waals surface area contributed by atoms with Gasteiger partial charge < -0.3 is 19.7 Å². The van der Waals surface area contributed by atoms with Gasteiger partial charge in [-0.1, -0.05) is 5.57 Å². The van der Waals surface area contributed by atoms with E-state index in [0.29, 0.717) is 23.2 Å². The molecule has 2 amide bonds. The number of benzene rings is 1. The molecule has 1 unspecified atom stereocenters. The third kappa shape index (κ3) is 5.84. The van der Waals surface area contributed by atoms with Gasteiger partial charge in [0, 0.05) is 62.5 Å². The molecule has 7 heteroatoms. The smallest absolute Gasteiger partial charge is 0.254 e. The first-order chi connectivity index (χ1) is 16.9. The standard InChI is InChI=1S/C28H39N3O4/c1-5-31(23-8-12-35-13-9-23)26-16-22(21-6-10-34-11-7-21)15-24(20(26)4)27(32)29-17-25-18(2)14-19(3)30-28(25)33/h14-16,21,23,25H,5-13,17H2,1-4H3,(H,29,32). The molecule has 1 atom stereocenters. The predicted octanol–water partition coefficient (Wildman–Crippen LogP) is 4.19. The number of carbonyl (C=O) groups excluding carboxylic acids is 2. The maximum Gasteiger partial charge on any atom is 0.254 e. The second-order valence-electron chi connectivity index (χ2n) is 9.97. The van der Waals surface area contributed by atoms with E-state index in [1.165, 1.54) is 5.56 Å². The number of rotatable bonds is 7. The number of dihydropyridines is 1. The lowest BCUT2D eigenvalue weighted by molar-refractivity contribution is -0.120. The van der Waals surface area contributed by atoms with Gasteiger partial charge in [-0.05, 0) is 88.6 Å². The minimum absolute atomic E-state index is 0.132. The van der Waals surface area contributed by atoms with Crippen LogP contribution in [-0.4, -0.2) is 63.1 Å². The number of carbonyl (C=O) groups is 2. The zero-order chi connectivity index (χ0) is 24.9. The van der Waals surface area contributed by atoms with Crippen molar-refractivity contribution in [2.75, 3.05) is 44.4 Å². The molecule has 0 bridgehead atoms. The van der Waals surface area contributed by atoms with E-state index in [1.807, 2.05) is 26.8 Å². The number of aliphatic imine (C=N–C) groups is 1. The molecule has 2 saturated heterocycles. The maximum absolute atomic E-state index is 13.5. The first-order valence-electron chi connectivity index (χ1n) is 13.0. The molecule has 0 saturated carbocycles. The molecule has 4 rings (SSSR count). The monoisotopic (exact) mass is 481 g/mol. The Kier molecular flexibility index (Phi) is 8.39. The molecule has 1 N–H and O–H groups in total. The normalized spacial score (nSPS) is 21.9. The predicted molar refractivity (Wildman–Crippen MR) is 139 cm³/mol. The van der Waals surface area contributed by atoms with Crippen molar-refractivity contribution in [2.24, 2.45) is 10.9 Å². The summed E-state index contributed by atoms with van der Waals surface area (Å²) in [6.45, 7) is 12.2. The summed E-state index contributed by atoms with van der Waals surface area (Å²) in [4.78, 5) is 32.5. The SMILES string of the molecule is CCN(c1cc(C2CCOCC2)cc(C(=O)NCC2C(=O)N=C(C)C=C2C)c1C)C1CCOCC1. The number of hydrogen-bond acceptors (Lipinski definition) is 5. The zero-order valence-electron chi connectivity index (χ0n) is 21.6. The first-order valence-corrected chi connectivity index (χ1v) is 13.0. The Labute approximate surface area is 209 Å². The van der Waals surface area contributed by atoms with Crippen LogP contribution in [0.5, 0.6) is 0 Å².